The minimum Gasteiger partial charge on any atom is -0.477 e. The molecule has 0 aromatic heterocycles. The normalized spacial score (nSPS) is 10.7. The molecule has 116 valence electrons. The summed E-state index contributed by atoms with van der Waals surface area (Å²) in [5.41, 5.74) is -0.246. The van der Waals surface area contributed by atoms with Crippen LogP contribution in [-0.2, 0) is 0 Å². The highest BCUT2D eigenvalue weighted by Crippen LogP contribution is 2.32. The van der Waals surface area contributed by atoms with E-state index in [0.29, 0.717) is 18.8 Å². The first-order chi connectivity index (χ1) is 9.88. The van der Waals surface area contributed by atoms with Gasteiger partial charge in [-0.25, -0.2) is 4.79 Å². The lowest BCUT2D eigenvalue weighted by Gasteiger charge is -2.26. The molecule has 1 aromatic rings. The number of benzene rings is 1. The van der Waals surface area contributed by atoms with Gasteiger partial charge in [0.05, 0.1) is 4.92 Å². The van der Waals surface area contributed by atoms with Crippen LogP contribution in [0.3, 0.4) is 0 Å². The van der Waals surface area contributed by atoms with Crippen LogP contribution in [0, 0.1) is 10.1 Å². The molecule has 0 spiro atoms. The first kappa shape index (κ1) is 16.9. The number of hydrogen-bond acceptors (Lipinski definition) is 5. The fourth-order valence-electron chi connectivity index (χ4n) is 2.09. The average Bonchev–Trinajstić information content (AvgIpc) is 2.42. The Morgan fingerprint density at radius 3 is 2.43 bits per heavy atom. The second kappa shape index (κ2) is 7.58. The van der Waals surface area contributed by atoms with E-state index in [2.05, 4.69) is 0 Å². The Hall–Kier alpha value is -2.15. The number of hydrogen-bond donors (Lipinski definition) is 1. The molecule has 0 aliphatic rings. The van der Waals surface area contributed by atoms with Crippen molar-refractivity contribution in [3.8, 4) is 0 Å². The second-order valence-electron chi connectivity index (χ2n) is 5.03. The number of carboxylic acid groups (broad SMARTS) is 1. The Kier molecular flexibility index (Phi) is 6.10. The summed E-state index contributed by atoms with van der Waals surface area (Å²) in [7, 11) is 3.85. The van der Waals surface area contributed by atoms with Crippen molar-refractivity contribution in [1.82, 2.24) is 4.90 Å². The lowest BCUT2D eigenvalue weighted by atomic mass is 10.1. The SMILES string of the molecule is CCCN(CCN(C)C)c1cccc(C(=O)O)c1[N+](=O)[O-]. The van der Waals surface area contributed by atoms with Crippen molar-refractivity contribution < 1.29 is 14.8 Å². The average molecular weight is 295 g/mol. The molecular weight excluding hydrogens is 274 g/mol. The fraction of sp³-hybridized carbons (Fsp3) is 0.500. The minimum absolute atomic E-state index is 0.275. The van der Waals surface area contributed by atoms with Gasteiger partial charge in [-0.3, -0.25) is 10.1 Å². The van der Waals surface area contributed by atoms with Crippen molar-refractivity contribution in [2.75, 3.05) is 38.6 Å². The molecule has 7 heteroatoms. The molecule has 1 rings (SSSR count). The van der Waals surface area contributed by atoms with Gasteiger partial charge in [-0.05, 0) is 32.6 Å². The molecule has 0 fully saturated rings. The van der Waals surface area contributed by atoms with E-state index in [0.717, 1.165) is 13.0 Å². The maximum Gasteiger partial charge on any atom is 0.342 e. The number of nitro benzene ring substituents is 1. The number of carbonyl (C=O) groups is 1. The molecule has 0 heterocycles. The van der Waals surface area contributed by atoms with Crippen LogP contribution in [-0.4, -0.2) is 54.6 Å². The van der Waals surface area contributed by atoms with Gasteiger partial charge in [0, 0.05) is 19.6 Å². The number of anilines is 1. The molecule has 0 atom stereocenters. The van der Waals surface area contributed by atoms with Gasteiger partial charge in [-0.15, -0.1) is 0 Å². The van der Waals surface area contributed by atoms with Crippen molar-refractivity contribution in [3.05, 3.63) is 33.9 Å². The van der Waals surface area contributed by atoms with E-state index in [4.69, 9.17) is 5.11 Å². The van der Waals surface area contributed by atoms with Crippen LogP contribution in [0.5, 0.6) is 0 Å². The van der Waals surface area contributed by atoms with Gasteiger partial charge in [0.2, 0.25) is 0 Å². The number of nitro groups is 1. The Morgan fingerprint density at radius 1 is 1.29 bits per heavy atom. The quantitative estimate of drug-likeness (QED) is 0.583. The van der Waals surface area contributed by atoms with Crippen molar-refractivity contribution in [2.45, 2.75) is 13.3 Å². The summed E-state index contributed by atoms with van der Waals surface area (Å²) in [4.78, 5) is 25.7. The molecule has 0 radical (unpaired) electrons. The van der Waals surface area contributed by atoms with Crippen molar-refractivity contribution >= 4 is 17.3 Å². The van der Waals surface area contributed by atoms with Gasteiger partial charge < -0.3 is 14.9 Å². The predicted molar refractivity (Wildman–Crippen MR) is 81.1 cm³/mol. The summed E-state index contributed by atoms with van der Waals surface area (Å²) in [5.74, 6) is -1.28. The first-order valence-electron chi connectivity index (χ1n) is 6.78. The molecule has 1 N–H and O–H groups in total. The van der Waals surface area contributed by atoms with Crippen LogP contribution < -0.4 is 4.90 Å². The molecule has 0 unspecified atom stereocenters. The number of aromatic carboxylic acids is 1. The molecule has 0 bridgehead atoms. The molecule has 0 amide bonds. The highest BCUT2D eigenvalue weighted by Gasteiger charge is 2.26. The number of likely N-dealkylation sites (N-methyl/N-ethyl adjacent to an activating group) is 1. The molecular formula is C14H21N3O4. The van der Waals surface area contributed by atoms with E-state index in [1.165, 1.54) is 6.07 Å². The van der Waals surface area contributed by atoms with Crippen LogP contribution in [0.15, 0.2) is 18.2 Å². The summed E-state index contributed by atoms with van der Waals surface area (Å²) in [6.07, 6.45) is 0.821. The van der Waals surface area contributed by atoms with E-state index < -0.39 is 10.9 Å². The first-order valence-corrected chi connectivity index (χ1v) is 6.78. The number of carboxylic acids is 1. The predicted octanol–water partition coefficient (Wildman–Crippen LogP) is 2.07. The van der Waals surface area contributed by atoms with E-state index in [1.54, 1.807) is 12.1 Å². The van der Waals surface area contributed by atoms with Crippen LogP contribution >= 0.6 is 0 Å². The summed E-state index contributed by atoms with van der Waals surface area (Å²) in [6.45, 7) is 3.95. The largest absolute Gasteiger partial charge is 0.477 e. The lowest BCUT2D eigenvalue weighted by molar-refractivity contribution is -0.384. The van der Waals surface area contributed by atoms with E-state index in [1.807, 2.05) is 30.8 Å². The minimum atomic E-state index is -1.28. The van der Waals surface area contributed by atoms with Crippen LogP contribution in [0.1, 0.15) is 23.7 Å². The zero-order valence-corrected chi connectivity index (χ0v) is 12.6. The number of rotatable bonds is 8. The van der Waals surface area contributed by atoms with Crippen LogP contribution in [0.4, 0.5) is 11.4 Å². The Balaban J connectivity index is 3.26. The molecule has 7 nitrogen and oxygen atoms in total. The number of nitrogens with zero attached hydrogens (tertiary/aromatic N) is 3. The third-order valence-electron chi connectivity index (χ3n) is 3.08. The van der Waals surface area contributed by atoms with Gasteiger partial charge in [0.15, 0.2) is 0 Å². The molecule has 0 saturated carbocycles. The summed E-state index contributed by atoms with van der Waals surface area (Å²) in [5, 5.41) is 20.4. The van der Waals surface area contributed by atoms with E-state index in [9.17, 15) is 14.9 Å². The third-order valence-corrected chi connectivity index (χ3v) is 3.08. The monoisotopic (exact) mass is 295 g/mol. The Morgan fingerprint density at radius 2 is 1.95 bits per heavy atom. The van der Waals surface area contributed by atoms with Crippen molar-refractivity contribution in [2.24, 2.45) is 0 Å². The number of para-hydroxylation sites is 1. The Labute approximate surface area is 123 Å². The van der Waals surface area contributed by atoms with Crippen molar-refractivity contribution in [1.29, 1.82) is 0 Å². The standard InChI is InChI=1S/C14H21N3O4/c1-4-8-16(10-9-15(2)3)12-7-5-6-11(14(18)19)13(12)17(20)21/h5-7H,4,8-10H2,1-3H3,(H,18,19). The van der Waals surface area contributed by atoms with E-state index >= 15 is 0 Å². The molecule has 1 aromatic carbocycles. The Bertz CT molecular complexity index is 517. The fourth-order valence-corrected chi connectivity index (χ4v) is 2.09. The van der Waals surface area contributed by atoms with Gasteiger partial charge >= 0.3 is 11.7 Å². The summed E-state index contributed by atoms with van der Waals surface area (Å²) in [6, 6.07) is 4.42. The summed E-state index contributed by atoms with van der Waals surface area (Å²) < 4.78 is 0. The van der Waals surface area contributed by atoms with E-state index in [-0.39, 0.29) is 11.3 Å². The third kappa shape index (κ3) is 4.42. The van der Waals surface area contributed by atoms with Gasteiger partial charge in [0.25, 0.3) is 0 Å². The maximum atomic E-state index is 11.3. The van der Waals surface area contributed by atoms with Gasteiger partial charge in [0.1, 0.15) is 11.3 Å². The molecule has 0 saturated heterocycles. The highest BCUT2D eigenvalue weighted by molar-refractivity contribution is 5.95. The van der Waals surface area contributed by atoms with Gasteiger partial charge in [-0.1, -0.05) is 13.0 Å². The summed E-state index contributed by atoms with van der Waals surface area (Å²) >= 11 is 0. The molecule has 21 heavy (non-hydrogen) atoms. The zero-order valence-electron chi connectivity index (χ0n) is 12.6. The molecule has 0 aliphatic carbocycles. The van der Waals surface area contributed by atoms with Crippen LogP contribution in [0.25, 0.3) is 0 Å². The van der Waals surface area contributed by atoms with Crippen LogP contribution in [0.2, 0.25) is 0 Å². The zero-order chi connectivity index (χ0) is 16.0. The maximum absolute atomic E-state index is 11.3. The van der Waals surface area contributed by atoms with Crippen molar-refractivity contribution in [3.63, 3.8) is 0 Å². The topological polar surface area (TPSA) is 86.9 Å². The smallest absolute Gasteiger partial charge is 0.342 e. The lowest BCUT2D eigenvalue weighted by Crippen LogP contribution is -2.33. The highest BCUT2D eigenvalue weighted by atomic mass is 16.6. The second-order valence-corrected chi connectivity index (χ2v) is 5.03. The van der Waals surface area contributed by atoms with Gasteiger partial charge in [-0.2, -0.15) is 0 Å². The molecule has 0 aliphatic heterocycles.